The van der Waals surface area contributed by atoms with Gasteiger partial charge in [0.05, 0.1) is 60.9 Å². The molecular formula is C42H70O11. The van der Waals surface area contributed by atoms with Crippen molar-refractivity contribution in [3.63, 3.8) is 0 Å². The highest BCUT2D eigenvalue weighted by Crippen LogP contribution is 2.54. The maximum Gasteiger partial charge on any atom is 0.311 e. The van der Waals surface area contributed by atoms with E-state index in [1.807, 2.05) is 41.5 Å². The zero-order chi connectivity index (χ0) is 39.1. The number of methoxy groups -OCH3 is 1. The quantitative estimate of drug-likeness (QED) is 0.159. The number of carbonyl (C=O) groups is 2. The van der Waals surface area contributed by atoms with Crippen molar-refractivity contribution in [2.45, 2.75) is 198 Å². The molecule has 0 aromatic heterocycles. The van der Waals surface area contributed by atoms with Gasteiger partial charge in [-0.15, -0.1) is 0 Å². The fourth-order valence-corrected chi connectivity index (χ4v) is 10.3. The number of esters is 1. The summed E-state index contributed by atoms with van der Waals surface area (Å²) < 4.78 is 38.6. The van der Waals surface area contributed by atoms with Crippen LogP contribution >= 0.6 is 0 Å². The van der Waals surface area contributed by atoms with E-state index in [1.54, 1.807) is 19.1 Å². The van der Waals surface area contributed by atoms with Crippen molar-refractivity contribution in [3.05, 3.63) is 12.2 Å². The number of aliphatic hydroxyl groups is 3. The van der Waals surface area contributed by atoms with Gasteiger partial charge >= 0.3 is 5.97 Å². The van der Waals surface area contributed by atoms with Crippen LogP contribution in [0, 0.1) is 35.5 Å². The average molecular weight is 751 g/mol. The molecule has 0 saturated carbocycles. The molecule has 0 radical (unpaired) electrons. The molecule has 11 heteroatoms. The highest BCUT2D eigenvalue weighted by molar-refractivity contribution is 5.84. The van der Waals surface area contributed by atoms with Gasteiger partial charge in [0, 0.05) is 30.1 Å². The zero-order valence-corrected chi connectivity index (χ0v) is 34.0. The van der Waals surface area contributed by atoms with Crippen molar-refractivity contribution in [2.75, 3.05) is 7.11 Å². The number of rotatable bonds is 12. The molecule has 0 aromatic carbocycles. The predicted octanol–water partition coefficient (Wildman–Crippen LogP) is 6.03. The van der Waals surface area contributed by atoms with Crippen molar-refractivity contribution < 1.29 is 53.3 Å². The Hall–Kier alpha value is -1.44. The maximum atomic E-state index is 14.4. The van der Waals surface area contributed by atoms with Gasteiger partial charge in [-0.1, -0.05) is 48.5 Å². The first-order chi connectivity index (χ1) is 24.9. The van der Waals surface area contributed by atoms with Crippen molar-refractivity contribution in [3.8, 4) is 0 Å². The molecule has 11 nitrogen and oxygen atoms in total. The summed E-state index contributed by atoms with van der Waals surface area (Å²) in [5.74, 6) is -4.86. The predicted molar refractivity (Wildman–Crippen MR) is 198 cm³/mol. The van der Waals surface area contributed by atoms with Crippen LogP contribution in [0.2, 0.25) is 0 Å². The summed E-state index contributed by atoms with van der Waals surface area (Å²) >= 11 is 0. The standard InChI is InChI=1S/C42H70O11/c1-11-29(38(46)48-10)32-16-14-15-31(50-32)26(6)35(44)27(7)36(45)30(12-2)37-24(4)23-25(5)41(51-37)20-17-33(43)42(53-41)22-21-39(9,52-42)34-18-19-40(47,13-3)28(8)49-34/h17,20,24-35,37,43-44,47H,11-16,18-19,21-23H2,1-10H3/t24-,25+,26+,27-,28-,29+,30-,31+,32+,33+,34+,35-,37-,39-,40+,41+,42-/m0/s1. The first-order valence-electron chi connectivity index (χ1n) is 20.7. The first-order valence-corrected chi connectivity index (χ1v) is 20.7. The summed E-state index contributed by atoms with van der Waals surface area (Å²) in [6.45, 7) is 17.7. The number of ether oxygens (including phenoxy) is 6. The third kappa shape index (κ3) is 8.07. The summed E-state index contributed by atoms with van der Waals surface area (Å²) in [5.41, 5.74) is -1.62. The second-order valence-electron chi connectivity index (χ2n) is 17.6. The molecule has 5 heterocycles. The van der Waals surface area contributed by atoms with E-state index in [1.165, 1.54) is 7.11 Å². The van der Waals surface area contributed by atoms with Gasteiger partial charge in [-0.3, -0.25) is 9.59 Å². The molecule has 0 amide bonds. The van der Waals surface area contributed by atoms with Crippen molar-refractivity contribution >= 4 is 11.8 Å². The number of carbonyl (C=O) groups excluding carboxylic acids is 2. The molecule has 5 aliphatic rings. The Morgan fingerprint density at radius 3 is 2.25 bits per heavy atom. The second-order valence-corrected chi connectivity index (χ2v) is 17.6. The first kappa shape index (κ1) is 42.7. The Bertz CT molecular complexity index is 1310. The molecule has 0 bridgehead atoms. The number of ketones is 1. The molecule has 4 saturated heterocycles. The minimum atomic E-state index is -1.36. The Kier molecular flexibility index (Phi) is 13.4. The van der Waals surface area contributed by atoms with Crippen LogP contribution in [0.4, 0.5) is 0 Å². The fraction of sp³-hybridized carbons (Fsp3) is 0.905. The molecule has 4 fully saturated rings. The molecule has 17 atom stereocenters. The third-order valence-corrected chi connectivity index (χ3v) is 14.2. The average Bonchev–Trinajstić information content (AvgIpc) is 3.49. The molecule has 0 unspecified atom stereocenters. The highest BCUT2D eigenvalue weighted by atomic mass is 16.8. The van der Waals surface area contributed by atoms with Gasteiger partial charge in [-0.25, -0.2) is 0 Å². The van der Waals surface area contributed by atoms with Crippen LogP contribution in [0.25, 0.3) is 0 Å². The molecule has 53 heavy (non-hydrogen) atoms. The van der Waals surface area contributed by atoms with Crippen LogP contribution in [0.1, 0.15) is 133 Å². The topological polar surface area (TPSA) is 150 Å². The van der Waals surface area contributed by atoms with Gasteiger partial charge in [0.25, 0.3) is 0 Å². The Morgan fingerprint density at radius 2 is 1.62 bits per heavy atom. The van der Waals surface area contributed by atoms with Crippen LogP contribution < -0.4 is 0 Å². The van der Waals surface area contributed by atoms with Crippen LogP contribution in [0.15, 0.2) is 12.2 Å². The van der Waals surface area contributed by atoms with Crippen molar-refractivity contribution in [1.82, 2.24) is 0 Å². The number of aliphatic hydroxyl groups excluding tert-OH is 2. The lowest BCUT2D eigenvalue weighted by molar-refractivity contribution is -0.409. The lowest BCUT2D eigenvalue weighted by atomic mass is 9.73. The van der Waals surface area contributed by atoms with E-state index in [4.69, 9.17) is 28.4 Å². The largest absolute Gasteiger partial charge is 0.469 e. The Morgan fingerprint density at radius 1 is 0.943 bits per heavy atom. The normalized spacial score (nSPS) is 44.7. The van der Waals surface area contributed by atoms with Gasteiger partial charge in [0.2, 0.25) is 5.79 Å². The smallest absolute Gasteiger partial charge is 0.311 e. The minimum Gasteiger partial charge on any atom is -0.469 e. The van der Waals surface area contributed by atoms with Crippen molar-refractivity contribution in [2.24, 2.45) is 35.5 Å². The monoisotopic (exact) mass is 750 g/mol. The lowest BCUT2D eigenvalue weighted by Gasteiger charge is -2.54. The lowest BCUT2D eigenvalue weighted by Crippen LogP contribution is -2.63. The van der Waals surface area contributed by atoms with E-state index in [-0.39, 0.29) is 59.8 Å². The van der Waals surface area contributed by atoms with Gasteiger partial charge < -0.3 is 43.7 Å². The maximum absolute atomic E-state index is 14.4. The fourth-order valence-electron chi connectivity index (χ4n) is 10.3. The minimum absolute atomic E-state index is 0.0297. The molecule has 304 valence electrons. The number of hydrogen-bond acceptors (Lipinski definition) is 11. The summed E-state index contributed by atoms with van der Waals surface area (Å²) in [4.78, 5) is 26.8. The van der Waals surface area contributed by atoms with Crippen LogP contribution in [0.3, 0.4) is 0 Å². The summed E-state index contributed by atoms with van der Waals surface area (Å²) in [7, 11) is 1.40. The van der Waals surface area contributed by atoms with E-state index < -0.39 is 52.9 Å². The van der Waals surface area contributed by atoms with E-state index in [0.717, 1.165) is 25.7 Å². The Balaban J connectivity index is 1.29. The summed E-state index contributed by atoms with van der Waals surface area (Å²) in [6.07, 6.45) is 6.97. The molecular weight excluding hydrogens is 680 g/mol. The van der Waals surface area contributed by atoms with Crippen LogP contribution in [-0.4, -0.2) is 99.7 Å². The number of Topliss-reactive ketones (excluding diaryl/α,β-unsaturated/α-hetero) is 1. The van der Waals surface area contributed by atoms with Gasteiger partial charge in [-0.05, 0) is 96.1 Å². The second kappa shape index (κ2) is 16.6. The molecule has 5 aliphatic heterocycles. The highest BCUT2D eigenvalue weighted by Gasteiger charge is 2.63. The molecule has 5 rings (SSSR count). The van der Waals surface area contributed by atoms with Crippen molar-refractivity contribution in [1.29, 1.82) is 0 Å². The molecule has 0 aromatic rings. The SMILES string of the molecule is CC[C@@H](C(=O)[C@@H](C)[C@@H](O)[C@H](C)[C@H]1CCC[C@H]([C@@H](CC)C(=O)OC)O1)[C@H]1O[C@@]2(C=C[C@@H](O)[C@]3(CC[C@@](C)([C@H]4CC[C@](O)(CC)[C@H](C)O4)O3)O2)[C@H](C)C[C@@H]1C. The molecule has 2 spiro atoms. The molecule has 3 N–H and O–H groups in total. The van der Waals surface area contributed by atoms with E-state index in [2.05, 4.69) is 13.8 Å². The molecule has 0 aliphatic carbocycles. The van der Waals surface area contributed by atoms with Gasteiger partial charge in [0.15, 0.2) is 5.79 Å². The van der Waals surface area contributed by atoms with Gasteiger partial charge in [0.1, 0.15) is 11.9 Å². The summed E-state index contributed by atoms with van der Waals surface area (Å²) in [6, 6.07) is 0. The van der Waals surface area contributed by atoms with Crippen LogP contribution in [0.5, 0.6) is 0 Å². The van der Waals surface area contributed by atoms with Gasteiger partial charge in [-0.2, -0.15) is 0 Å². The number of hydrogen-bond donors (Lipinski definition) is 3. The third-order valence-electron chi connectivity index (χ3n) is 14.2. The van der Waals surface area contributed by atoms with E-state index in [0.29, 0.717) is 44.9 Å². The summed E-state index contributed by atoms with van der Waals surface area (Å²) in [5, 5.41) is 34.1. The van der Waals surface area contributed by atoms with Crippen LogP contribution in [-0.2, 0) is 38.0 Å². The zero-order valence-electron chi connectivity index (χ0n) is 34.0. The van der Waals surface area contributed by atoms with E-state index in [9.17, 15) is 24.9 Å². The Labute approximate surface area is 317 Å². The van der Waals surface area contributed by atoms with E-state index >= 15 is 0 Å².